The highest BCUT2D eigenvalue weighted by molar-refractivity contribution is 14.0. The molecule has 0 saturated heterocycles. The number of aliphatic imine (C=N–C) groups is 1. The lowest BCUT2D eigenvalue weighted by Crippen LogP contribution is -2.42. The largest absolute Gasteiger partial charge is 0.416 e. The molecule has 0 heterocycles. The fourth-order valence-corrected chi connectivity index (χ4v) is 1.98. The monoisotopic (exact) mass is 476 g/mol. The minimum Gasteiger partial charge on any atom is -0.355 e. The van der Waals surface area contributed by atoms with Gasteiger partial charge in [-0.1, -0.05) is 6.07 Å². The van der Waals surface area contributed by atoms with E-state index in [4.69, 9.17) is 0 Å². The summed E-state index contributed by atoms with van der Waals surface area (Å²) >= 11 is 0. The smallest absolute Gasteiger partial charge is 0.355 e. The van der Waals surface area contributed by atoms with Gasteiger partial charge < -0.3 is 15.5 Å². The van der Waals surface area contributed by atoms with E-state index in [1.807, 2.05) is 7.05 Å². The molecule has 2 N–H and O–H groups in total. The van der Waals surface area contributed by atoms with E-state index < -0.39 is 17.6 Å². The number of halogens is 5. The average Bonchev–Trinajstić information content (AvgIpc) is 2.50. The van der Waals surface area contributed by atoms with Crippen LogP contribution in [0.4, 0.5) is 17.6 Å². The molecule has 9 heteroatoms. The van der Waals surface area contributed by atoms with Crippen molar-refractivity contribution in [2.75, 3.05) is 27.2 Å². The zero-order valence-electron chi connectivity index (χ0n) is 14.7. The molecule has 1 aromatic rings. The molecule has 0 aliphatic carbocycles. The first-order chi connectivity index (χ1) is 11.1. The summed E-state index contributed by atoms with van der Waals surface area (Å²) in [6.45, 7) is 5.40. The van der Waals surface area contributed by atoms with Crippen molar-refractivity contribution < 1.29 is 17.6 Å². The van der Waals surface area contributed by atoms with E-state index >= 15 is 0 Å². The third-order valence-electron chi connectivity index (χ3n) is 3.69. The number of likely N-dealkylation sites (N-methyl/N-ethyl adjacent to an activating group) is 1. The standard InChI is InChI=1S/C16H24F4N4.HI/c1-11(2)24(4)8-7-22-15(21-3)23-10-12-5-6-13(17)9-14(12)16(18,19)20;/h5-6,9,11H,7-8,10H2,1-4H3,(H2,21,22,23);1H. The molecule has 0 aliphatic rings. The van der Waals surface area contributed by atoms with Gasteiger partial charge in [-0.2, -0.15) is 13.2 Å². The van der Waals surface area contributed by atoms with Crippen LogP contribution < -0.4 is 10.6 Å². The van der Waals surface area contributed by atoms with Crippen LogP contribution in [0.15, 0.2) is 23.2 Å². The molecular formula is C16H25F4IN4. The van der Waals surface area contributed by atoms with Crippen molar-refractivity contribution in [3.63, 3.8) is 0 Å². The first kappa shape index (κ1) is 23.9. The summed E-state index contributed by atoms with van der Waals surface area (Å²) < 4.78 is 52.0. The maximum absolute atomic E-state index is 13.1. The number of benzene rings is 1. The Balaban J connectivity index is 0.00000576. The van der Waals surface area contributed by atoms with Gasteiger partial charge in [0.1, 0.15) is 5.82 Å². The predicted molar refractivity (Wildman–Crippen MR) is 103 cm³/mol. The molecule has 1 rings (SSSR count). The molecule has 0 aromatic heterocycles. The van der Waals surface area contributed by atoms with Crippen LogP contribution in [0, 0.1) is 5.82 Å². The van der Waals surface area contributed by atoms with Gasteiger partial charge in [-0.05, 0) is 38.6 Å². The fraction of sp³-hybridized carbons (Fsp3) is 0.562. The third-order valence-corrected chi connectivity index (χ3v) is 3.69. The summed E-state index contributed by atoms with van der Waals surface area (Å²) in [6, 6.07) is 3.05. The molecule has 0 bridgehead atoms. The molecule has 1 aromatic carbocycles. The van der Waals surface area contributed by atoms with Gasteiger partial charge in [-0.3, -0.25) is 4.99 Å². The van der Waals surface area contributed by atoms with Crippen molar-refractivity contribution in [2.24, 2.45) is 4.99 Å². The van der Waals surface area contributed by atoms with Crippen molar-refractivity contribution in [3.05, 3.63) is 35.1 Å². The second kappa shape index (κ2) is 10.8. The van der Waals surface area contributed by atoms with Crippen LogP contribution in [0.5, 0.6) is 0 Å². The highest BCUT2D eigenvalue weighted by atomic mass is 127. The van der Waals surface area contributed by atoms with Gasteiger partial charge in [0.15, 0.2) is 5.96 Å². The van der Waals surface area contributed by atoms with E-state index in [2.05, 4.69) is 34.4 Å². The first-order valence-corrected chi connectivity index (χ1v) is 7.65. The Kier molecular flexibility index (Phi) is 10.3. The molecule has 0 unspecified atom stereocenters. The average molecular weight is 476 g/mol. The normalized spacial score (nSPS) is 12.3. The second-order valence-electron chi connectivity index (χ2n) is 5.73. The summed E-state index contributed by atoms with van der Waals surface area (Å²) in [7, 11) is 3.52. The molecule has 4 nitrogen and oxygen atoms in total. The highest BCUT2D eigenvalue weighted by Gasteiger charge is 2.33. The van der Waals surface area contributed by atoms with Crippen LogP contribution in [0.3, 0.4) is 0 Å². The van der Waals surface area contributed by atoms with Gasteiger partial charge in [0.2, 0.25) is 0 Å². The third kappa shape index (κ3) is 8.21. The molecule has 0 atom stereocenters. The molecule has 0 saturated carbocycles. The van der Waals surface area contributed by atoms with Crippen molar-refractivity contribution in [2.45, 2.75) is 32.6 Å². The van der Waals surface area contributed by atoms with Crippen molar-refractivity contribution >= 4 is 29.9 Å². The van der Waals surface area contributed by atoms with Crippen LogP contribution in [0.1, 0.15) is 25.0 Å². The molecule has 0 spiro atoms. The number of hydrogen-bond donors (Lipinski definition) is 2. The van der Waals surface area contributed by atoms with Gasteiger partial charge in [-0.25, -0.2) is 4.39 Å². The molecule has 0 radical (unpaired) electrons. The second-order valence-corrected chi connectivity index (χ2v) is 5.73. The number of guanidine groups is 1. The fourth-order valence-electron chi connectivity index (χ4n) is 1.98. The van der Waals surface area contributed by atoms with Crippen LogP contribution in [0.2, 0.25) is 0 Å². The topological polar surface area (TPSA) is 39.7 Å². The van der Waals surface area contributed by atoms with Gasteiger partial charge in [0.25, 0.3) is 0 Å². The summed E-state index contributed by atoms with van der Waals surface area (Å²) in [6.07, 6.45) is -4.60. The number of alkyl halides is 3. The molecule has 0 aliphatic heterocycles. The zero-order valence-corrected chi connectivity index (χ0v) is 17.1. The van der Waals surface area contributed by atoms with Gasteiger partial charge >= 0.3 is 6.18 Å². The van der Waals surface area contributed by atoms with Gasteiger partial charge in [0.05, 0.1) is 5.56 Å². The van der Waals surface area contributed by atoms with E-state index in [-0.39, 0.29) is 36.1 Å². The molecule has 144 valence electrons. The summed E-state index contributed by atoms with van der Waals surface area (Å²) in [5.41, 5.74) is -1.02. The molecule has 25 heavy (non-hydrogen) atoms. The zero-order chi connectivity index (χ0) is 18.3. The maximum Gasteiger partial charge on any atom is 0.416 e. The van der Waals surface area contributed by atoms with E-state index in [0.717, 1.165) is 18.7 Å². The lowest BCUT2D eigenvalue weighted by Gasteiger charge is -2.22. The summed E-state index contributed by atoms with van der Waals surface area (Å²) in [4.78, 5) is 6.10. The van der Waals surface area contributed by atoms with E-state index in [1.54, 1.807) is 0 Å². The number of hydrogen-bond acceptors (Lipinski definition) is 2. The number of nitrogens with one attached hydrogen (secondary N) is 2. The Morgan fingerprint density at radius 2 is 1.88 bits per heavy atom. The minimum absolute atomic E-state index is 0. The molecule has 0 fully saturated rings. The van der Waals surface area contributed by atoms with Crippen molar-refractivity contribution in [3.8, 4) is 0 Å². The summed E-state index contributed by atoms with van der Waals surface area (Å²) in [5.74, 6) is -0.519. The summed E-state index contributed by atoms with van der Waals surface area (Å²) in [5, 5.41) is 5.86. The number of nitrogens with zero attached hydrogens (tertiary/aromatic N) is 2. The molecular weight excluding hydrogens is 451 g/mol. The molecule has 0 amide bonds. The van der Waals surface area contributed by atoms with Crippen LogP contribution in [0.25, 0.3) is 0 Å². The van der Waals surface area contributed by atoms with Gasteiger partial charge in [0, 0.05) is 32.7 Å². The Bertz CT molecular complexity index is 562. The van der Waals surface area contributed by atoms with E-state index in [9.17, 15) is 17.6 Å². The van der Waals surface area contributed by atoms with Crippen LogP contribution >= 0.6 is 24.0 Å². The lowest BCUT2D eigenvalue weighted by atomic mass is 10.1. The number of rotatable bonds is 6. The lowest BCUT2D eigenvalue weighted by molar-refractivity contribution is -0.138. The Morgan fingerprint density at radius 1 is 1.24 bits per heavy atom. The highest BCUT2D eigenvalue weighted by Crippen LogP contribution is 2.32. The predicted octanol–water partition coefficient (Wildman–Crippen LogP) is 3.47. The Labute approximate surface area is 163 Å². The first-order valence-electron chi connectivity index (χ1n) is 7.65. The minimum atomic E-state index is -4.60. The Hall–Kier alpha value is -1.10. The SMILES string of the molecule is CN=C(NCCN(C)C(C)C)NCc1ccc(F)cc1C(F)(F)F.I. The van der Waals surface area contributed by atoms with E-state index in [0.29, 0.717) is 24.6 Å². The van der Waals surface area contributed by atoms with Crippen LogP contribution in [-0.2, 0) is 12.7 Å². The van der Waals surface area contributed by atoms with E-state index in [1.165, 1.54) is 7.05 Å². The van der Waals surface area contributed by atoms with Crippen molar-refractivity contribution in [1.29, 1.82) is 0 Å². The Morgan fingerprint density at radius 3 is 2.40 bits per heavy atom. The van der Waals surface area contributed by atoms with Crippen LogP contribution in [-0.4, -0.2) is 44.1 Å². The van der Waals surface area contributed by atoms with Gasteiger partial charge in [-0.15, -0.1) is 24.0 Å². The van der Waals surface area contributed by atoms with Crippen molar-refractivity contribution in [1.82, 2.24) is 15.5 Å². The maximum atomic E-state index is 13.1. The quantitative estimate of drug-likeness (QED) is 0.286.